The van der Waals surface area contributed by atoms with E-state index in [1.165, 1.54) is 17.7 Å². The van der Waals surface area contributed by atoms with Gasteiger partial charge in [-0.25, -0.2) is 0 Å². The molecule has 1 aromatic rings. The van der Waals surface area contributed by atoms with Crippen LogP contribution in [0, 0.1) is 5.92 Å². The molecule has 1 aromatic carbocycles. The highest BCUT2D eigenvalue weighted by atomic mass is 16.5. The summed E-state index contributed by atoms with van der Waals surface area (Å²) in [6.45, 7) is 2.06. The number of carbonyl (C=O) groups is 3. The highest BCUT2D eigenvalue weighted by Gasteiger charge is 2.34. The average molecular weight is 484 g/mol. The number of hydrogen-bond donors (Lipinski definition) is 4. The molecule has 0 saturated carbocycles. The number of para-hydroxylation sites is 1. The van der Waals surface area contributed by atoms with E-state index in [9.17, 15) is 24.6 Å². The second-order valence-electron chi connectivity index (χ2n) is 8.51. The summed E-state index contributed by atoms with van der Waals surface area (Å²) in [5, 5.41) is 25.2. The van der Waals surface area contributed by atoms with Gasteiger partial charge in [0.1, 0.15) is 12.6 Å². The summed E-state index contributed by atoms with van der Waals surface area (Å²) in [5.41, 5.74) is 1.43. The zero-order chi connectivity index (χ0) is 22.9. The van der Waals surface area contributed by atoms with Crippen molar-refractivity contribution < 1.29 is 40.3 Å². The van der Waals surface area contributed by atoms with Crippen molar-refractivity contribution in [3.05, 3.63) is 29.8 Å². The Balaban J connectivity index is 0.00000289. The molecule has 2 atom stereocenters. The van der Waals surface area contributed by atoms with Crippen LogP contribution in [0.15, 0.2) is 24.3 Å². The smallest absolute Gasteiger partial charge is 0.323 e. The van der Waals surface area contributed by atoms with E-state index in [4.69, 9.17) is 4.74 Å². The number of benzene rings is 1. The van der Waals surface area contributed by atoms with Crippen molar-refractivity contribution in [2.45, 2.75) is 50.6 Å². The van der Waals surface area contributed by atoms with Crippen LogP contribution in [0.1, 0.15) is 37.7 Å². The molecule has 1 fully saturated rings. The molecule has 11 nitrogen and oxygen atoms in total. The Morgan fingerprint density at radius 2 is 1.85 bits per heavy atom. The van der Waals surface area contributed by atoms with Gasteiger partial charge < -0.3 is 31.2 Å². The molecule has 8 N–H and O–H groups in total. The van der Waals surface area contributed by atoms with Crippen molar-refractivity contribution in [1.29, 1.82) is 0 Å². The first-order chi connectivity index (χ1) is 15.5. The number of carbonyl (C=O) groups excluding carboxylic acids is 1. The lowest BCUT2D eigenvalue weighted by molar-refractivity contribution is -0.142. The fourth-order valence-corrected chi connectivity index (χ4v) is 4.45. The number of hydrogen-bond acceptors (Lipinski definition) is 6. The summed E-state index contributed by atoms with van der Waals surface area (Å²) in [7, 11) is 0. The Morgan fingerprint density at radius 1 is 1.15 bits per heavy atom. The van der Waals surface area contributed by atoms with Gasteiger partial charge in [-0.1, -0.05) is 18.2 Å². The number of rotatable bonds is 11. The molecule has 0 bridgehead atoms. The Kier molecular flexibility index (Phi) is 12.7. The standard InChI is InChI=1S/C23H33N3O6.2H2O/c27-21(28)14-26-20-6-2-1-5-17(20)7-8-18(22(26)29)25-19(23(30)31)15-32-13-3-4-16-9-11-24-12-10-16;;/h1-2,5-6,16,18-19,24-25H,3-4,7-15H2,(H,27,28)(H,30,31);2*1H2/t18?,19-;;/m0../s1. The minimum Gasteiger partial charge on any atom is -0.480 e. The monoisotopic (exact) mass is 483 g/mol. The van der Waals surface area contributed by atoms with Crippen molar-refractivity contribution in [2.75, 3.05) is 37.7 Å². The number of aliphatic carboxylic acids is 2. The van der Waals surface area contributed by atoms with E-state index in [1.54, 1.807) is 12.1 Å². The van der Waals surface area contributed by atoms with E-state index >= 15 is 0 Å². The minimum absolute atomic E-state index is 0. The van der Waals surface area contributed by atoms with E-state index in [2.05, 4.69) is 10.6 Å². The zero-order valence-corrected chi connectivity index (χ0v) is 19.3. The van der Waals surface area contributed by atoms with Gasteiger partial charge in [0, 0.05) is 12.3 Å². The lowest BCUT2D eigenvalue weighted by atomic mass is 9.93. The molecule has 192 valence electrons. The van der Waals surface area contributed by atoms with Crippen molar-refractivity contribution in [3.63, 3.8) is 0 Å². The second-order valence-corrected chi connectivity index (χ2v) is 8.51. The number of fused-ring (bicyclic) bond motifs is 1. The molecule has 0 radical (unpaired) electrons. The lowest BCUT2D eigenvalue weighted by Gasteiger charge is -2.26. The third kappa shape index (κ3) is 8.33. The number of nitrogens with zero attached hydrogens (tertiary/aromatic N) is 1. The quantitative estimate of drug-likeness (QED) is 0.306. The zero-order valence-electron chi connectivity index (χ0n) is 19.3. The molecule has 1 amide bonds. The normalized spacial score (nSPS) is 19.2. The van der Waals surface area contributed by atoms with Gasteiger partial charge in [0.25, 0.3) is 0 Å². The lowest BCUT2D eigenvalue weighted by Crippen LogP contribution is -2.54. The molecule has 0 aliphatic carbocycles. The maximum atomic E-state index is 13.1. The van der Waals surface area contributed by atoms with Gasteiger partial charge in [-0.2, -0.15) is 0 Å². The summed E-state index contributed by atoms with van der Waals surface area (Å²) in [6, 6.07) is 5.33. The van der Waals surface area contributed by atoms with Gasteiger partial charge in [0.2, 0.25) is 5.91 Å². The van der Waals surface area contributed by atoms with E-state index < -0.39 is 36.5 Å². The van der Waals surface area contributed by atoms with Crippen LogP contribution in [0.25, 0.3) is 0 Å². The van der Waals surface area contributed by atoms with Gasteiger partial charge in [0.05, 0.1) is 12.6 Å². The topological polar surface area (TPSA) is 191 Å². The SMILES string of the molecule is O.O.O=C(O)CN1C(=O)C(N[C@@H](COCCCC2CCNCC2)C(=O)O)CCc2ccccc21. The van der Waals surface area contributed by atoms with E-state index in [-0.39, 0.29) is 17.6 Å². The second kappa shape index (κ2) is 14.6. The fourth-order valence-electron chi connectivity index (χ4n) is 4.45. The molecule has 1 unspecified atom stereocenters. The van der Waals surface area contributed by atoms with Crippen LogP contribution < -0.4 is 15.5 Å². The summed E-state index contributed by atoms with van der Waals surface area (Å²) in [5.74, 6) is -1.96. The Hall–Kier alpha value is -2.57. The van der Waals surface area contributed by atoms with Crippen LogP contribution >= 0.6 is 0 Å². The molecule has 0 aromatic heterocycles. The van der Waals surface area contributed by atoms with Crippen LogP contribution in [-0.2, 0) is 25.5 Å². The molecule has 0 spiro atoms. The van der Waals surface area contributed by atoms with Gasteiger partial charge in [0.15, 0.2) is 0 Å². The van der Waals surface area contributed by atoms with Crippen LogP contribution in [0.4, 0.5) is 5.69 Å². The molecule has 3 rings (SSSR count). The number of amides is 1. The highest BCUT2D eigenvalue weighted by molar-refractivity contribution is 6.02. The minimum atomic E-state index is -1.12. The van der Waals surface area contributed by atoms with Gasteiger partial charge in [-0.3, -0.25) is 24.6 Å². The third-order valence-corrected chi connectivity index (χ3v) is 6.19. The number of carboxylic acids is 2. The first-order valence-electron chi connectivity index (χ1n) is 11.3. The Morgan fingerprint density at radius 3 is 2.53 bits per heavy atom. The first-order valence-corrected chi connectivity index (χ1v) is 11.3. The maximum absolute atomic E-state index is 13.1. The van der Waals surface area contributed by atoms with Crippen LogP contribution in [0.3, 0.4) is 0 Å². The summed E-state index contributed by atoms with van der Waals surface area (Å²) >= 11 is 0. The summed E-state index contributed by atoms with van der Waals surface area (Å²) < 4.78 is 5.63. The number of nitrogens with one attached hydrogen (secondary N) is 2. The molecule has 2 aliphatic rings. The number of piperidine rings is 1. The van der Waals surface area contributed by atoms with E-state index in [0.717, 1.165) is 31.5 Å². The molecule has 1 saturated heterocycles. The van der Waals surface area contributed by atoms with Gasteiger partial charge in [-0.05, 0) is 69.2 Å². The maximum Gasteiger partial charge on any atom is 0.323 e. The fraction of sp³-hybridized carbons (Fsp3) is 0.609. The summed E-state index contributed by atoms with van der Waals surface area (Å²) in [6.07, 6.45) is 5.19. The van der Waals surface area contributed by atoms with Crippen molar-refractivity contribution >= 4 is 23.5 Å². The number of aryl methyl sites for hydroxylation is 1. The molecule has 34 heavy (non-hydrogen) atoms. The third-order valence-electron chi connectivity index (χ3n) is 6.19. The summed E-state index contributed by atoms with van der Waals surface area (Å²) in [4.78, 5) is 37.5. The Labute approximate surface area is 199 Å². The first kappa shape index (κ1) is 29.5. The molecule has 2 aliphatic heterocycles. The average Bonchev–Trinajstić information content (AvgIpc) is 2.90. The predicted octanol–water partition coefficient (Wildman–Crippen LogP) is -0.391. The molecule has 2 heterocycles. The van der Waals surface area contributed by atoms with Crippen molar-refractivity contribution in [2.24, 2.45) is 5.92 Å². The van der Waals surface area contributed by atoms with Crippen LogP contribution in [-0.4, -0.2) is 83.9 Å². The van der Waals surface area contributed by atoms with Gasteiger partial charge >= 0.3 is 11.9 Å². The van der Waals surface area contributed by atoms with E-state index in [1.807, 2.05) is 12.1 Å². The Bertz CT molecular complexity index is 800. The highest BCUT2D eigenvalue weighted by Crippen LogP contribution is 2.27. The largest absolute Gasteiger partial charge is 0.480 e. The van der Waals surface area contributed by atoms with Crippen molar-refractivity contribution in [1.82, 2.24) is 10.6 Å². The van der Waals surface area contributed by atoms with Crippen LogP contribution in [0.5, 0.6) is 0 Å². The van der Waals surface area contributed by atoms with E-state index in [0.29, 0.717) is 31.1 Å². The van der Waals surface area contributed by atoms with Gasteiger partial charge in [-0.15, -0.1) is 0 Å². The number of carboxylic acid groups (broad SMARTS) is 2. The predicted molar refractivity (Wildman–Crippen MR) is 126 cm³/mol. The number of ether oxygens (including phenoxy) is 1. The molecular formula is C23H37N3O8. The number of anilines is 1. The van der Waals surface area contributed by atoms with Crippen LogP contribution in [0.2, 0.25) is 0 Å². The molecule has 11 heteroatoms. The van der Waals surface area contributed by atoms with Crippen molar-refractivity contribution in [3.8, 4) is 0 Å². The molecular weight excluding hydrogens is 446 g/mol.